The van der Waals surface area contributed by atoms with E-state index in [1.165, 1.54) is 44.4 Å². The molecule has 12 nitrogen and oxygen atoms in total. The molecule has 3 aromatic carbocycles. The number of nitrogens with zero attached hydrogens (tertiary/aromatic N) is 2. The second-order valence-electron chi connectivity index (χ2n) is 7.78. The average Bonchev–Trinajstić information content (AvgIpc) is 3.18. The summed E-state index contributed by atoms with van der Waals surface area (Å²) in [4.78, 5) is 60.7. The van der Waals surface area contributed by atoms with Gasteiger partial charge in [-0.2, -0.15) is 0 Å². The zero-order chi connectivity index (χ0) is 27.4. The van der Waals surface area contributed by atoms with Gasteiger partial charge < -0.3 is 14.2 Å². The predicted octanol–water partition coefficient (Wildman–Crippen LogP) is 3.21. The van der Waals surface area contributed by atoms with Crippen LogP contribution in [0.3, 0.4) is 0 Å². The highest BCUT2D eigenvalue weighted by atomic mass is 16.6. The van der Waals surface area contributed by atoms with E-state index in [9.17, 15) is 29.3 Å². The van der Waals surface area contributed by atoms with Crippen molar-refractivity contribution in [2.45, 2.75) is 6.92 Å². The summed E-state index contributed by atoms with van der Waals surface area (Å²) in [5.74, 6) is -3.41. The monoisotopic (exact) mass is 517 g/mol. The van der Waals surface area contributed by atoms with Crippen LogP contribution in [0.2, 0.25) is 0 Å². The summed E-state index contributed by atoms with van der Waals surface area (Å²) in [6.45, 7) is 1.20. The molecule has 0 aliphatic carbocycles. The number of nitrogens with one attached hydrogen (secondary N) is 1. The Kier molecular flexibility index (Phi) is 7.15. The van der Waals surface area contributed by atoms with E-state index >= 15 is 0 Å². The molecule has 192 valence electrons. The molecule has 0 bridgehead atoms. The number of ether oxygens (including phenoxy) is 3. The van der Waals surface area contributed by atoms with E-state index in [4.69, 9.17) is 14.2 Å². The predicted molar refractivity (Wildman–Crippen MR) is 132 cm³/mol. The zero-order valence-electron chi connectivity index (χ0n) is 20.0. The van der Waals surface area contributed by atoms with Crippen LogP contribution in [0.25, 0.3) is 6.08 Å². The fraction of sp³-hybridized carbons (Fsp3) is 0.0769. The van der Waals surface area contributed by atoms with E-state index in [1.54, 1.807) is 30.3 Å². The first kappa shape index (κ1) is 25.6. The summed E-state index contributed by atoms with van der Waals surface area (Å²) >= 11 is 0. The number of hydrazine groups is 1. The summed E-state index contributed by atoms with van der Waals surface area (Å²) in [6, 6.07) is 16.0. The number of methoxy groups -OCH3 is 1. The average molecular weight is 517 g/mol. The van der Waals surface area contributed by atoms with Gasteiger partial charge in [0.05, 0.1) is 23.3 Å². The van der Waals surface area contributed by atoms with E-state index in [2.05, 4.69) is 5.43 Å². The van der Waals surface area contributed by atoms with E-state index in [0.29, 0.717) is 5.69 Å². The molecular weight excluding hydrogens is 498 g/mol. The Morgan fingerprint density at radius 2 is 1.71 bits per heavy atom. The highest BCUT2D eigenvalue weighted by Crippen LogP contribution is 2.35. The summed E-state index contributed by atoms with van der Waals surface area (Å²) in [5, 5.41) is 12.7. The molecule has 4 rings (SSSR count). The quantitative estimate of drug-likeness (QED) is 0.124. The van der Waals surface area contributed by atoms with Crippen molar-refractivity contribution in [3.8, 4) is 17.2 Å². The second-order valence-corrected chi connectivity index (χ2v) is 7.78. The largest absolute Gasteiger partial charge is 0.493 e. The minimum atomic E-state index is -1.00. The van der Waals surface area contributed by atoms with Gasteiger partial charge in [-0.1, -0.05) is 30.3 Å². The number of hydrogen-bond acceptors (Lipinski definition) is 9. The van der Waals surface area contributed by atoms with Crippen LogP contribution in [0.1, 0.15) is 22.8 Å². The Morgan fingerprint density at radius 1 is 0.974 bits per heavy atom. The minimum absolute atomic E-state index is 0.0498. The molecular formula is C26H19N3O9. The maximum atomic E-state index is 13.0. The van der Waals surface area contributed by atoms with Crippen LogP contribution in [0.15, 0.2) is 72.3 Å². The molecule has 0 aromatic heterocycles. The van der Waals surface area contributed by atoms with E-state index in [1.807, 2.05) is 0 Å². The molecule has 0 saturated carbocycles. The van der Waals surface area contributed by atoms with Crippen LogP contribution in [-0.2, 0) is 14.4 Å². The smallest absolute Gasteiger partial charge is 0.343 e. The number of anilines is 1. The number of para-hydroxylation sites is 2. The lowest BCUT2D eigenvalue weighted by Crippen LogP contribution is -2.35. The molecule has 1 fully saturated rings. The van der Waals surface area contributed by atoms with Gasteiger partial charge in [-0.15, -0.1) is 0 Å². The zero-order valence-corrected chi connectivity index (χ0v) is 20.0. The number of hydrogen-bond donors (Lipinski definition) is 1. The number of benzene rings is 3. The van der Waals surface area contributed by atoms with E-state index in [0.717, 1.165) is 17.2 Å². The molecule has 1 N–H and O–H groups in total. The molecule has 1 aliphatic rings. The lowest BCUT2D eigenvalue weighted by atomic mass is 10.1. The van der Waals surface area contributed by atoms with Gasteiger partial charge in [0.2, 0.25) is 5.75 Å². The standard InChI is InChI=1S/C26H19N3O9/c1-15(30)37-21-12-11-17(14-22(21)36-2)26(33)38-23-16(7-6-10-20(23)29(34)35)13-19-24(31)27-28(25(19)32)18-8-4-3-5-9-18/h3-14H,1-2H3,(H,27,31)/b19-13-. The third-order valence-electron chi connectivity index (χ3n) is 5.27. The summed E-state index contributed by atoms with van der Waals surface area (Å²) in [5.41, 5.74) is 1.83. The van der Waals surface area contributed by atoms with Gasteiger partial charge in [-0.05, 0) is 36.4 Å². The number of nitro benzene ring substituents is 1. The van der Waals surface area contributed by atoms with Crippen LogP contribution in [0, 0.1) is 10.1 Å². The lowest BCUT2D eigenvalue weighted by Gasteiger charge is -2.14. The van der Waals surface area contributed by atoms with Crippen molar-refractivity contribution < 1.29 is 38.3 Å². The first-order chi connectivity index (χ1) is 18.2. The molecule has 1 aliphatic heterocycles. The third-order valence-corrected chi connectivity index (χ3v) is 5.27. The van der Waals surface area contributed by atoms with Gasteiger partial charge in [0, 0.05) is 18.6 Å². The van der Waals surface area contributed by atoms with E-state index < -0.39 is 40.1 Å². The second kappa shape index (κ2) is 10.6. The molecule has 1 saturated heterocycles. The molecule has 3 aromatic rings. The fourth-order valence-corrected chi connectivity index (χ4v) is 3.57. The summed E-state index contributed by atoms with van der Waals surface area (Å²) < 4.78 is 15.5. The third kappa shape index (κ3) is 5.18. The van der Waals surface area contributed by atoms with Crippen LogP contribution in [0.4, 0.5) is 11.4 Å². The molecule has 0 spiro atoms. The van der Waals surface area contributed by atoms with Crippen LogP contribution >= 0.6 is 0 Å². The maximum absolute atomic E-state index is 13.0. The lowest BCUT2D eigenvalue weighted by molar-refractivity contribution is -0.385. The summed E-state index contributed by atoms with van der Waals surface area (Å²) in [7, 11) is 1.30. The number of nitro groups is 1. The van der Waals surface area contributed by atoms with Crippen LogP contribution in [0.5, 0.6) is 17.2 Å². The normalized spacial score (nSPS) is 13.7. The van der Waals surface area contributed by atoms with Gasteiger partial charge in [-0.25, -0.2) is 9.80 Å². The van der Waals surface area contributed by atoms with Crippen molar-refractivity contribution in [3.05, 3.63) is 93.5 Å². The van der Waals surface area contributed by atoms with E-state index in [-0.39, 0.29) is 28.2 Å². The van der Waals surface area contributed by atoms with Crippen molar-refractivity contribution in [2.75, 3.05) is 12.1 Å². The van der Waals surface area contributed by atoms with Crippen molar-refractivity contribution in [1.29, 1.82) is 0 Å². The molecule has 12 heteroatoms. The fourth-order valence-electron chi connectivity index (χ4n) is 3.57. The molecule has 0 radical (unpaired) electrons. The van der Waals surface area contributed by atoms with Gasteiger partial charge in [0.25, 0.3) is 11.8 Å². The Bertz CT molecular complexity index is 1500. The molecule has 38 heavy (non-hydrogen) atoms. The Morgan fingerprint density at radius 3 is 2.37 bits per heavy atom. The molecule has 1 heterocycles. The van der Waals surface area contributed by atoms with Gasteiger partial charge in [0.15, 0.2) is 11.5 Å². The van der Waals surface area contributed by atoms with Crippen molar-refractivity contribution >= 4 is 41.2 Å². The Labute approximate surface area is 215 Å². The number of carbonyl (C=O) groups excluding carboxylic acids is 4. The van der Waals surface area contributed by atoms with Crippen molar-refractivity contribution in [3.63, 3.8) is 0 Å². The van der Waals surface area contributed by atoms with Crippen LogP contribution < -0.4 is 24.6 Å². The highest BCUT2D eigenvalue weighted by Gasteiger charge is 2.35. The maximum Gasteiger partial charge on any atom is 0.343 e. The first-order valence-electron chi connectivity index (χ1n) is 11.0. The highest BCUT2D eigenvalue weighted by molar-refractivity contribution is 6.31. The van der Waals surface area contributed by atoms with Gasteiger partial charge >= 0.3 is 17.6 Å². The number of carbonyl (C=O) groups is 4. The minimum Gasteiger partial charge on any atom is -0.493 e. The number of amides is 2. The Hall–Kier alpha value is -5.52. The first-order valence-corrected chi connectivity index (χ1v) is 11.0. The SMILES string of the molecule is COc1cc(C(=O)Oc2c(/C=C3/C(=O)NN(c4ccccc4)C3=O)cccc2[N+](=O)[O-])ccc1OC(C)=O. The van der Waals surface area contributed by atoms with Gasteiger partial charge in [0.1, 0.15) is 5.57 Å². The summed E-state index contributed by atoms with van der Waals surface area (Å²) in [6.07, 6.45) is 1.11. The molecule has 0 unspecified atom stereocenters. The Balaban J connectivity index is 1.70. The van der Waals surface area contributed by atoms with Crippen LogP contribution in [-0.4, -0.2) is 35.8 Å². The van der Waals surface area contributed by atoms with Gasteiger partial charge in [-0.3, -0.25) is 29.9 Å². The van der Waals surface area contributed by atoms with Crippen molar-refractivity contribution in [2.24, 2.45) is 0 Å². The van der Waals surface area contributed by atoms with Crippen molar-refractivity contribution in [1.82, 2.24) is 5.43 Å². The molecule has 0 atom stereocenters. The number of esters is 2. The number of rotatable bonds is 7. The molecule has 2 amide bonds. The topological polar surface area (TPSA) is 154 Å².